The summed E-state index contributed by atoms with van der Waals surface area (Å²) < 4.78 is 0.819. The van der Waals surface area contributed by atoms with E-state index >= 15 is 0 Å². The maximum Gasteiger partial charge on any atom is 0.275 e. The summed E-state index contributed by atoms with van der Waals surface area (Å²) in [6.07, 6.45) is 0. The lowest BCUT2D eigenvalue weighted by Crippen LogP contribution is -3.27. The Kier molecular flexibility index (Phi) is 6.35. The minimum Gasteiger partial charge on any atom is -0.342 e. The first kappa shape index (κ1) is 16.9. The molecular formula is C15H23BrN4O2+2. The van der Waals surface area contributed by atoms with Crippen LogP contribution in [-0.2, 0) is 9.59 Å². The van der Waals surface area contributed by atoms with Gasteiger partial charge in [0.1, 0.15) is 26.2 Å². The van der Waals surface area contributed by atoms with Crippen LogP contribution < -0.4 is 20.4 Å². The molecule has 0 saturated carbocycles. The lowest BCUT2D eigenvalue weighted by Gasteiger charge is -2.26. The minimum atomic E-state index is -0.224. The van der Waals surface area contributed by atoms with Gasteiger partial charge in [-0.25, -0.2) is 0 Å². The van der Waals surface area contributed by atoms with Crippen molar-refractivity contribution in [1.29, 1.82) is 0 Å². The Labute approximate surface area is 139 Å². The fraction of sp³-hybridized carbons (Fsp3) is 0.467. The van der Waals surface area contributed by atoms with E-state index in [0.717, 1.165) is 30.7 Å². The molecule has 2 rings (SSSR count). The zero-order chi connectivity index (χ0) is 15.9. The summed E-state index contributed by atoms with van der Waals surface area (Å²) in [5, 5.41) is 5.45. The summed E-state index contributed by atoms with van der Waals surface area (Å²) in [5.74, 6) is -0.296. The normalized spacial score (nSPS) is 21.2. The standard InChI is InChI=1S/C15H21BrN4O2/c1-19-6-8-20(9-7-19)11-15(22)17-10-14(21)18-13-5-3-2-4-12(13)16/h2-5H,6-11H2,1H3,(H,17,22)(H,18,21)/p+2. The lowest BCUT2D eigenvalue weighted by molar-refractivity contribution is -1.000. The van der Waals surface area contributed by atoms with Gasteiger partial charge in [-0.2, -0.15) is 0 Å². The number of likely N-dealkylation sites (N-methyl/N-ethyl adjacent to an activating group) is 1. The molecule has 0 aliphatic carbocycles. The van der Waals surface area contributed by atoms with Gasteiger partial charge in [-0.1, -0.05) is 12.1 Å². The van der Waals surface area contributed by atoms with Crippen LogP contribution in [0.1, 0.15) is 0 Å². The highest BCUT2D eigenvalue weighted by Gasteiger charge is 2.22. The summed E-state index contributed by atoms with van der Waals surface area (Å²) >= 11 is 3.37. The van der Waals surface area contributed by atoms with Crippen molar-refractivity contribution in [1.82, 2.24) is 5.32 Å². The summed E-state index contributed by atoms with van der Waals surface area (Å²) in [5.41, 5.74) is 0.703. The van der Waals surface area contributed by atoms with Gasteiger partial charge in [0, 0.05) is 4.47 Å². The van der Waals surface area contributed by atoms with E-state index in [1.165, 1.54) is 9.80 Å². The molecule has 0 atom stereocenters. The number of amides is 2. The lowest BCUT2D eigenvalue weighted by atomic mass is 10.3. The number of carbonyl (C=O) groups excluding carboxylic acids is 2. The molecule has 7 heteroatoms. The van der Waals surface area contributed by atoms with Gasteiger partial charge in [0.25, 0.3) is 5.91 Å². The Hall–Kier alpha value is -1.44. The number of piperazine rings is 1. The van der Waals surface area contributed by atoms with Crippen molar-refractivity contribution >= 4 is 33.4 Å². The Bertz CT molecular complexity index is 530. The number of hydrogen-bond acceptors (Lipinski definition) is 2. The number of hydrogen-bond donors (Lipinski definition) is 4. The van der Waals surface area contributed by atoms with Crippen molar-refractivity contribution in [2.24, 2.45) is 0 Å². The van der Waals surface area contributed by atoms with Crippen molar-refractivity contribution in [3.05, 3.63) is 28.7 Å². The maximum atomic E-state index is 11.9. The number of quaternary nitrogens is 2. The molecule has 0 bridgehead atoms. The van der Waals surface area contributed by atoms with Gasteiger partial charge in [-0.3, -0.25) is 9.59 Å². The number of benzene rings is 1. The molecule has 1 aliphatic heterocycles. The molecule has 0 aromatic heterocycles. The minimum absolute atomic E-state index is 0.00139. The Morgan fingerprint density at radius 2 is 1.82 bits per heavy atom. The average molecular weight is 371 g/mol. The molecule has 1 aromatic rings. The topological polar surface area (TPSA) is 67.1 Å². The molecule has 6 nitrogen and oxygen atoms in total. The highest BCUT2D eigenvalue weighted by molar-refractivity contribution is 9.10. The second-order valence-corrected chi connectivity index (χ2v) is 6.54. The molecule has 0 spiro atoms. The van der Waals surface area contributed by atoms with Gasteiger partial charge in [-0.05, 0) is 28.1 Å². The predicted molar refractivity (Wildman–Crippen MR) is 88.0 cm³/mol. The van der Waals surface area contributed by atoms with E-state index in [1.807, 2.05) is 18.2 Å². The third-order valence-corrected chi connectivity index (χ3v) is 4.51. The molecule has 0 unspecified atom stereocenters. The molecule has 1 aliphatic rings. The highest BCUT2D eigenvalue weighted by Crippen LogP contribution is 2.20. The average Bonchev–Trinajstić information content (AvgIpc) is 2.50. The summed E-state index contributed by atoms with van der Waals surface area (Å²) in [6.45, 7) is 4.62. The van der Waals surface area contributed by atoms with Crippen LogP contribution in [0, 0.1) is 0 Å². The molecule has 1 saturated heterocycles. The van der Waals surface area contributed by atoms with Crippen LogP contribution in [0.4, 0.5) is 5.69 Å². The molecule has 1 heterocycles. The first-order valence-corrected chi connectivity index (χ1v) is 8.30. The van der Waals surface area contributed by atoms with Gasteiger partial charge in [-0.15, -0.1) is 0 Å². The van der Waals surface area contributed by atoms with Crippen molar-refractivity contribution in [2.75, 3.05) is 51.6 Å². The van der Waals surface area contributed by atoms with E-state index in [9.17, 15) is 9.59 Å². The SMILES string of the molecule is C[NH+]1CC[NH+](CC(=O)NCC(=O)Nc2ccccc2Br)CC1. The van der Waals surface area contributed by atoms with Crippen LogP contribution in [0.5, 0.6) is 0 Å². The molecule has 2 amide bonds. The zero-order valence-electron chi connectivity index (χ0n) is 12.7. The molecular weight excluding hydrogens is 348 g/mol. The zero-order valence-corrected chi connectivity index (χ0v) is 14.3. The Morgan fingerprint density at radius 3 is 2.50 bits per heavy atom. The van der Waals surface area contributed by atoms with Crippen LogP contribution in [-0.4, -0.2) is 58.1 Å². The maximum absolute atomic E-state index is 11.9. The van der Waals surface area contributed by atoms with Crippen LogP contribution >= 0.6 is 15.9 Å². The summed E-state index contributed by atoms with van der Waals surface area (Å²) in [7, 11) is 2.17. The molecule has 120 valence electrons. The van der Waals surface area contributed by atoms with Crippen molar-refractivity contribution < 1.29 is 19.4 Å². The fourth-order valence-electron chi connectivity index (χ4n) is 2.43. The third kappa shape index (κ3) is 5.40. The smallest absolute Gasteiger partial charge is 0.275 e. The quantitative estimate of drug-likeness (QED) is 0.480. The van der Waals surface area contributed by atoms with Crippen LogP contribution in [0.3, 0.4) is 0 Å². The van der Waals surface area contributed by atoms with E-state index in [-0.39, 0.29) is 18.4 Å². The van der Waals surface area contributed by atoms with Gasteiger partial charge in [0.05, 0.1) is 19.3 Å². The van der Waals surface area contributed by atoms with E-state index in [0.29, 0.717) is 12.2 Å². The van der Waals surface area contributed by atoms with E-state index in [1.54, 1.807) is 6.07 Å². The monoisotopic (exact) mass is 370 g/mol. The van der Waals surface area contributed by atoms with Gasteiger partial charge in [0.2, 0.25) is 5.91 Å². The van der Waals surface area contributed by atoms with Crippen molar-refractivity contribution in [3.63, 3.8) is 0 Å². The Morgan fingerprint density at radius 1 is 1.14 bits per heavy atom. The van der Waals surface area contributed by atoms with Crippen molar-refractivity contribution in [3.8, 4) is 0 Å². The number of para-hydroxylation sites is 1. The van der Waals surface area contributed by atoms with Crippen LogP contribution in [0.15, 0.2) is 28.7 Å². The van der Waals surface area contributed by atoms with Crippen LogP contribution in [0.2, 0.25) is 0 Å². The number of anilines is 1. The van der Waals surface area contributed by atoms with Crippen LogP contribution in [0.25, 0.3) is 0 Å². The van der Waals surface area contributed by atoms with E-state index < -0.39 is 0 Å². The molecule has 4 N–H and O–H groups in total. The predicted octanol–water partition coefficient (Wildman–Crippen LogP) is -2.08. The molecule has 22 heavy (non-hydrogen) atoms. The second-order valence-electron chi connectivity index (χ2n) is 5.69. The summed E-state index contributed by atoms with van der Waals surface area (Å²) in [6, 6.07) is 7.38. The number of halogens is 1. The molecule has 1 fully saturated rings. The Balaban J connectivity index is 1.70. The van der Waals surface area contributed by atoms with E-state index in [4.69, 9.17) is 0 Å². The molecule has 0 radical (unpaired) electrons. The highest BCUT2D eigenvalue weighted by atomic mass is 79.9. The van der Waals surface area contributed by atoms with Crippen molar-refractivity contribution in [2.45, 2.75) is 0 Å². The largest absolute Gasteiger partial charge is 0.342 e. The third-order valence-electron chi connectivity index (χ3n) is 3.82. The van der Waals surface area contributed by atoms with E-state index in [2.05, 4.69) is 33.6 Å². The van der Waals surface area contributed by atoms with Gasteiger partial charge >= 0.3 is 0 Å². The first-order valence-electron chi connectivity index (χ1n) is 7.50. The summed E-state index contributed by atoms with van der Waals surface area (Å²) in [4.78, 5) is 26.5. The fourth-order valence-corrected chi connectivity index (χ4v) is 2.82. The number of carbonyl (C=O) groups is 2. The first-order chi connectivity index (χ1) is 10.5. The van der Waals surface area contributed by atoms with Gasteiger partial charge < -0.3 is 20.4 Å². The van der Waals surface area contributed by atoms with Gasteiger partial charge in [0.15, 0.2) is 6.54 Å². The molecule has 1 aromatic carbocycles. The number of rotatable bonds is 5. The number of nitrogens with one attached hydrogen (secondary N) is 4. The second kappa shape index (κ2) is 8.26.